The summed E-state index contributed by atoms with van der Waals surface area (Å²) < 4.78 is 0. The van der Waals surface area contributed by atoms with Gasteiger partial charge in [-0.3, -0.25) is 0 Å². The number of quaternary nitrogens is 2. The standard InChI is InChI=1S/C14H18N4.4NO3/c1-5-15-6-2-13(1)11-17-9-10-18-12-14-3-7-16-8-4-14;4*2-1(3)4/h1-8,17-18H,9-12H2;;;;/q;4*-1/p+4. The second kappa shape index (κ2) is 24.3. The van der Waals surface area contributed by atoms with Gasteiger partial charge in [-0.05, 0) is 0 Å². The highest BCUT2D eigenvalue weighted by molar-refractivity contribution is 5.05. The topological polar surface area (TPSA) is 326 Å². The van der Waals surface area contributed by atoms with Crippen LogP contribution in [0, 0.1) is 61.3 Å². The maximum Gasteiger partial charge on any atom is 0.167 e. The lowest BCUT2D eigenvalue weighted by Gasteiger charge is -2.01. The number of pyridine rings is 2. The molecule has 2 heterocycles. The Bertz CT molecular complexity index is 692. The molecule has 0 aliphatic heterocycles. The number of hydrogen-bond acceptors (Lipinski definition) is 12. The molecule has 0 aromatic carbocycles. The minimum absolute atomic E-state index is 1.06. The molecule has 20 nitrogen and oxygen atoms in total. The number of hydrogen-bond donors (Lipinski definition) is 2. The van der Waals surface area contributed by atoms with Gasteiger partial charge >= 0.3 is 0 Å². The van der Waals surface area contributed by atoms with Crippen molar-refractivity contribution in [1.82, 2.24) is 0 Å². The first-order valence-corrected chi connectivity index (χ1v) is 8.67. The lowest BCUT2D eigenvalue weighted by atomic mass is 10.2. The quantitative estimate of drug-likeness (QED) is 0.223. The fourth-order valence-corrected chi connectivity index (χ4v) is 1.89. The highest BCUT2D eigenvalue weighted by Gasteiger charge is 1.99. The van der Waals surface area contributed by atoms with E-state index in [2.05, 4.69) is 44.9 Å². The first-order chi connectivity index (χ1) is 15.9. The maximum absolute atomic E-state index is 8.25. The number of nitrogens with zero attached hydrogens (tertiary/aromatic N) is 4. The van der Waals surface area contributed by atoms with Gasteiger partial charge in [-0.25, -0.2) is 9.97 Å². The van der Waals surface area contributed by atoms with Gasteiger partial charge in [0, 0.05) is 35.4 Å². The zero-order valence-corrected chi connectivity index (χ0v) is 17.3. The molecule has 20 heteroatoms. The molecule has 2 rings (SSSR count). The molecule has 0 amide bonds. The molecule has 0 bridgehead atoms. The van der Waals surface area contributed by atoms with Crippen LogP contribution in [0.25, 0.3) is 0 Å². The van der Waals surface area contributed by atoms with Crippen LogP contribution in [0.15, 0.2) is 49.1 Å². The Morgan fingerprint density at radius 2 is 0.735 bits per heavy atom. The molecule has 2 aromatic rings. The van der Waals surface area contributed by atoms with E-state index in [1.165, 1.54) is 11.1 Å². The summed E-state index contributed by atoms with van der Waals surface area (Å²) in [6.45, 7) is 4.42. The minimum Gasteiger partial charge on any atom is -0.356 e. The van der Waals surface area contributed by atoms with E-state index < -0.39 is 20.3 Å². The zero-order chi connectivity index (χ0) is 26.8. The summed E-state index contributed by atoms with van der Waals surface area (Å²) in [6.07, 6.45) is 7.90. The highest BCUT2D eigenvalue weighted by Crippen LogP contribution is 1.89. The number of aromatic nitrogens is 2. The second-order valence-corrected chi connectivity index (χ2v) is 5.27. The number of rotatable bonds is 7. The van der Waals surface area contributed by atoms with Crippen LogP contribution in [0.1, 0.15) is 11.1 Å². The van der Waals surface area contributed by atoms with Crippen LogP contribution in [-0.2, 0) is 13.1 Å². The van der Waals surface area contributed by atoms with E-state index in [1.54, 1.807) is 0 Å². The van der Waals surface area contributed by atoms with Crippen molar-refractivity contribution in [3.63, 3.8) is 0 Å². The molecule has 0 spiro atoms. The highest BCUT2D eigenvalue weighted by atomic mass is 16.9. The summed E-state index contributed by atoms with van der Waals surface area (Å²) in [5, 5.41) is 63.7. The predicted molar refractivity (Wildman–Crippen MR) is 108 cm³/mol. The molecule has 0 radical (unpaired) electrons. The Labute approximate surface area is 189 Å². The van der Waals surface area contributed by atoms with Crippen molar-refractivity contribution in [2.24, 2.45) is 0 Å². The SMILES string of the molecule is O=[N+]([O-])[O-].O=[N+]([O-])[O-].O=[N+]([O-])[O-].O=[N+]([O-])[O-].c1cc(C[NH2+]CC[NH2+]Cc2cc[nH+]cc2)cc[nH+]1. The molecule has 34 heavy (non-hydrogen) atoms. The molecular weight excluding hydrogens is 472 g/mol. The Morgan fingerprint density at radius 1 is 0.529 bits per heavy atom. The van der Waals surface area contributed by atoms with Crippen LogP contribution < -0.4 is 20.6 Å². The average Bonchev–Trinajstić information content (AvgIpc) is 2.70. The van der Waals surface area contributed by atoms with E-state index in [0.717, 1.165) is 26.2 Å². The third-order valence-electron chi connectivity index (χ3n) is 2.91. The van der Waals surface area contributed by atoms with Crippen molar-refractivity contribution in [3.05, 3.63) is 121 Å². The van der Waals surface area contributed by atoms with Gasteiger partial charge in [-0.15, -0.1) is 0 Å². The Balaban J connectivity index is -0.000000492. The Morgan fingerprint density at radius 3 is 0.941 bits per heavy atom. The molecular formula is C14H22N8O12. The molecule has 0 fully saturated rings. The van der Waals surface area contributed by atoms with Crippen molar-refractivity contribution >= 4 is 0 Å². The van der Waals surface area contributed by atoms with Crippen LogP contribution in [0.3, 0.4) is 0 Å². The van der Waals surface area contributed by atoms with E-state index in [9.17, 15) is 0 Å². The lowest BCUT2D eigenvalue weighted by Crippen LogP contribution is -2.93. The third-order valence-corrected chi connectivity index (χ3v) is 2.91. The van der Waals surface area contributed by atoms with Crippen LogP contribution >= 0.6 is 0 Å². The van der Waals surface area contributed by atoms with Crippen LogP contribution in [0.4, 0.5) is 0 Å². The smallest absolute Gasteiger partial charge is 0.167 e. The molecule has 2 aromatic heterocycles. The van der Waals surface area contributed by atoms with Crippen LogP contribution in [0.2, 0.25) is 0 Å². The number of aromatic amines is 2. The number of H-pyrrole nitrogens is 2. The van der Waals surface area contributed by atoms with Crippen molar-refractivity contribution < 1.29 is 40.9 Å². The maximum atomic E-state index is 8.25. The average molecular weight is 494 g/mol. The summed E-state index contributed by atoms with van der Waals surface area (Å²) in [5.74, 6) is 0. The summed E-state index contributed by atoms with van der Waals surface area (Å²) in [5.41, 5.74) is 2.74. The van der Waals surface area contributed by atoms with Gasteiger partial charge in [0.1, 0.15) is 26.2 Å². The molecule has 0 aliphatic carbocycles. The Hall–Kier alpha value is -4.98. The van der Waals surface area contributed by atoms with Gasteiger partial charge in [0.05, 0.1) is 20.3 Å². The van der Waals surface area contributed by atoms with Gasteiger partial charge in [0.2, 0.25) is 0 Å². The van der Waals surface area contributed by atoms with Gasteiger partial charge in [-0.2, -0.15) is 0 Å². The van der Waals surface area contributed by atoms with E-state index in [0.29, 0.717) is 0 Å². The van der Waals surface area contributed by atoms with Gasteiger partial charge < -0.3 is 71.9 Å². The lowest BCUT2D eigenvalue weighted by molar-refractivity contribution is -0.738. The third kappa shape index (κ3) is 45.6. The summed E-state index contributed by atoms with van der Waals surface area (Å²) in [7, 11) is 0. The normalized spacial score (nSPS) is 8.35. The monoisotopic (exact) mass is 494 g/mol. The van der Waals surface area contributed by atoms with E-state index in [4.69, 9.17) is 61.3 Å². The Kier molecular flexibility index (Phi) is 24.0. The predicted octanol–water partition coefficient (Wildman–Crippen LogP) is -2.81. The molecule has 0 aliphatic rings. The van der Waals surface area contributed by atoms with Crippen molar-refractivity contribution in [2.45, 2.75) is 13.1 Å². The second-order valence-electron chi connectivity index (χ2n) is 5.27. The molecule has 0 atom stereocenters. The van der Waals surface area contributed by atoms with Gasteiger partial charge in [-0.1, -0.05) is 0 Å². The summed E-state index contributed by atoms with van der Waals surface area (Å²) in [6, 6.07) is 8.50. The van der Waals surface area contributed by atoms with E-state index in [-0.39, 0.29) is 0 Å². The fourth-order valence-electron chi connectivity index (χ4n) is 1.89. The van der Waals surface area contributed by atoms with Crippen molar-refractivity contribution in [1.29, 1.82) is 0 Å². The van der Waals surface area contributed by atoms with Gasteiger partial charge in [0.25, 0.3) is 0 Å². The molecule has 0 saturated carbocycles. The fraction of sp³-hybridized carbons (Fsp3) is 0.286. The van der Waals surface area contributed by atoms with Crippen LogP contribution in [0.5, 0.6) is 0 Å². The molecule has 190 valence electrons. The number of nitrogens with two attached hydrogens (primary N) is 2. The van der Waals surface area contributed by atoms with E-state index in [1.807, 2.05) is 24.8 Å². The van der Waals surface area contributed by atoms with Crippen LogP contribution in [-0.4, -0.2) is 33.4 Å². The molecule has 0 saturated heterocycles. The molecule has 0 unspecified atom stereocenters. The minimum atomic E-state index is -1.75. The largest absolute Gasteiger partial charge is 0.356 e. The first kappa shape index (κ1) is 33.7. The molecule has 6 N–H and O–H groups in total. The van der Waals surface area contributed by atoms with Crippen molar-refractivity contribution in [2.75, 3.05) is 13.1 Å². The zero-order valence-electron chi connectivity index (χ0n) is 17.3. The van der Waals surface area contributed by atoms with Gasteiger partial charge in [0.15, 0.2) is 24.8 Å². The first-order valence-electron chi connectivity index (χ1n) is 8.67. The van der Waals surface area contributed by atoms with Crippen molar-refractivity contribution in [3.8, 4) is 0 Å². The summed E-state index contributed by atoms with van der Waals surface area (Å²) in [4.78, 5) is 39.1. The van der Waals surface area contributed by atoms with E-state index >= 15 is 0 Å². The summed E-state index contributed by atoms with van der Waals surface area (Å²) >= 11 is 0. The number of nitrogens with one attached hydrogen (secondary N) is 2.